The minimum absolute atomic E-state index is 0.275. The molecule has 1 aliphatic rings. The van der Waals surface area contributed by atoms with Gasteiger partial charge in [-0.05, 0) is 47.6 Å². The van der Waals surface area contributed by atoms with Crippen molar-refractivity contribution in [2.75, 3.05) is 12.3 Å². The fourth-order valence-corrected chi connectivity index (χ4v) is 4.93. The molecule has 2 unspecified atom stereocenters. The molecule has 0 aliphatic carbocycles. The summed E-state index contributed by atoms with van der Waals surface area (Å²) in [6, 6.07) is 13.5. The number of H-pyrrole nitrogens is 1. The van der Waals surface area contributed by atoms with E-state index < -0.39 is 5.91 Å². The van der Waals surface area contributed by atoms with Gasteiger partial charge in [-0.2, -0.15) is 11.8 Å². The van der Waals surface area contributed by atoms with Gasteiger partial charge in [0.2, 0.25) is 5.91 Å². The van der Waals surface area contributed by atoms with Crippen LogP contribution in [0.3, 0.4) is 0 Å². The minimum Gasteiger partial charge on any atom is -0.508 e. The van der Waals surface area contributed by atoms with Crippen molar-refractivity contribution in [3.05, 3.63) is 77.5 Å². The van der Waals surface area contributed by atoms with Crippen molar-refractivity contribution >= 4 is 28.6 Å². The van der Waals surface area contributed by atoms with Gasteiger partial charge >= 0.3 is 0 Å². The molecule has 4 rings (SSSR count). The number of aromatic nitrogens is 1. The van der Waals surface area contributed by atoms with Gasteiger partial charge in [0.05, 0.1) is 0 Å². The third-order valence-electron chi connectivity index (χ3n) is 5.41. The van der Waals surface area contributed by atoms with Gasteiger partial charge in [0.15, 0.2) is 0 Å². The number of aromatic hydroxyl groups is 1. The Kier molecular flexibility index (Phi) is 5.92. The quantitative estimate of drug-likeness (QED) is 0.353. The van der Waals surface area contributed by atoms with Crippen molar-refractivity contribution in [2.45, 2.75) is 24.1 Å². The molecule has 1 aliphatic heterocycles. The van der Waals surface area contributed by atoms with Crippen LogP contribution in [0.1, 0.15) is 33.8 Å². The van der Waals surface area contributed by atoms with Crippen molar-refractivity contribution < 1.29 is 9.90 Å². The molecule has 2 heterocycles. The number of primary amides is 1. The van der Waals surface area contributed by atoms with Crippen LogP contribution in [-0.2, 0) is 5.75 Å². The summed E-state index contributed by atoms with van der Waals surface area (Å²) >= 11 is 1.91. The fourth-order valence-electron chi connectivity index (χ4n) is 3.90. The highest BCUT2D eigenvalue weighted by atomic mass is 32.2. The van der Waals surface area contributed by atoms with Gasteiger partial charge in [0.1, 0.15) is 5.75 Å². The summed E-state index contributed by atoms with van der Waals surface area (Å²) in [5, 5.41) is 14.5. The molecule has 0 fully saturated rings. The smallest absolute Gasteiger partial charge is 0.248 e. The van der Waals surface area contributed by atoms with Crippen LogP contribution in [0.25, 0.3) is 10.9 Å². The monoisotopic (exact) mass is 407 g/mol. The molecule has 1 aromatic heterocycles. The molecule has 29 heavy (non-hydrogen) atoms. The number of aromatic amines is 1. The molecule has 5 N–H and O–H groups in total. The molecule has 0 bridgehead atoms. The molecule has 150 valence electrons. The van der Waals surface area contributed by atoms with Crippen LogP contribution in [0, 0.1) is 0 Å². The second-order valence-electron chi connectivity index (χ2n) is 7.34. The topological polar surface area (TPSA) is 91.1 Å². The van der Waals surface area contributed by atoms with Crippen molar-refractivity contribution in [3.63, 3.8) is 0 Å². The van der Waals surface area contributed by atoms with E-state index in [4.69, 9.17) is 5.73 Å². The van der Waals surface area contributed by atoms with Gasteiger partial charge in [-0.25, -0.2) is 0 Å². The second kappa shape index (κ2) is 8.76. The number of hydrogen-bond acceptors (Lipinski definition) is 4. The standard InChI is InChI=1S/C23H25N3O2S/c24-23(28)16-6-7-20-17(13-26-22(20)12-16)14-29-10-8-21-19(5-2-9-25-21)15-3-1-4-18(27)11-15/h1-7,11-13,19,21,25-27H,8-10,14H2,(H2,24,28). The molecule has 3 aromatic rings. The number of phenols is 1. The number of hydrogen-bond donors (Lipinski definition) is 4. The Bertz CT molecular complexity index is 1040. The number of amides is 1. The van der Waals surface area contributed by atoms with E-state index in [2.05, 4.69) is 28.5 Å². The van der Waals surface area contributed by atoms with Gasteiger partial charge in [0, 0.05) is 46.9 Å². The van der Waals surface area contributed by atoms with Crippen LogP contribution in [0.5, 0.6) is 5.75 Å². The first-order valence-electron chi connectivity index (χ1n) is 9.78. The SMILES string of the molecule is NC(=O)c1ccc2c(CSCCC3NCC=CC3c3cccc(O)c3)c[nH]c2c1. The number of carbonyl (C=O) groups is 1. The minimum atomic E-state index is -0.409. The first kappa shape index (κ1) is 19.6. The number of phenolic OH excluding ortho intramolecular Hbond substituents is 1. The first-order chi connectivity index (χ1) is 14.1. The summed E-state index contributed by atoms with van der Waals surface area (Å²) in [4.78, 5) is 14.6. The molecule has 5 nitrogen and oxygen atoms in total. The lowest BCUT2D eigenvalue weighted by Crippen LogP contribution is -2.37. The van der Waals surface area contributed by atoms with E-state index in [9.17, 15) is 9.90 Å². The second-order valence-corrected chi connectivity index (χ2v) is 8.45. The summed E-state index contributed by atoms with van der Waals surface area (Å²) in [6.07, 6.45) is 7.46. The summed E-state index contributed by atoms with van der Waals surface area (Å²) < 4.78 is 0. The maximum atomic E-state index is 11.3. The Hall–Kier alpha value is -2.70. The third kappa shape index (κ3) is 4.49. The number of fused-ring (bicyclic) bond motifs is 1. The number of rotatable bonds is 7. The molecule has 0 spiro atoms. The molecule has 0 saturated carbocycles. The molecular formula is C23H25N3O2S. The van der Waals surface area contributed by atoms with Crippen molar-refractivity contribution in [1.29, 1.82) is 0 Å². The molecule has 2 aromatic carbocycles. The maximum absolute atomic E-state index is 11.3. The van der Waals surface area contributed by atoms with Gasteiger partial charge in [-0.15, -0.1) is 0 Å². The van der Waals surface area contributed by atoms with E-state index in [0.29, 0.717) is 17.4 Å². The molecule has 0 radical (unpaired) electrons. The van der Waals surface area contributed by atoms with Crippen LogP contribution in [0.15, 0.2) is 60.8 Å². The largest absolute Gasteiger partial charge is 0.508 e. The summed E-state index contributed by atoms with van der Waals surface area (Å²) in [5.41, 5.74) is 9.21. The van der Waals surface area contributed by atoms with Crippen LogP contribution in [-0.4, -0.2) is 34.3 Å². The zero-order valence-corrected chi connectivity index (χ0v) is 16.9. The zero-order chi connectivity index (χ0) is 20.2. The predicted octanol–water partition coefficient (Wildman–Crippen LogP) is 3.91. The van der Waals surface area contributed by atoms with Gasteiger partial charge < -0.3 is 21.1 Å². The highest BCUT2D eigenvalue weighted by Gasteiger charge is 2.22. The number of nitrogens with one attached hydrogen (secondary N) is 2. The van der Waals surface area contributed by atoms with Crippen LogP contribution in [0.2, 0.25) is 0 Å². The van der Waals surface area contributed by atoms with E-state index in [1.54, 1.807) is 12.1 Å². The van der Waals surface area contributed by atoms with Crippen molar-refractivity contribution in [1.82, 2.24) is 10.3 Å². The average Bonchev–Trinajstić information content (AvgIpc) is 3.14. The Balaban J connectivity index is 1.36. The predicted molar refractivity (Wildman–Crippen MR) is 119 cm³/mol. The summed E-state index contributed by atoms with van der Waals surface area (Å²) in [7, 11) is 0. The van der Waals surface area contributed by atoms with Gasteiger partial charge in [-0.3, -0.25) is 4.79 Å². The molecule has 6 heteroatoms. The number of nitrogens with two attached hydrogens (primary N) is 1. The van der Waals surface area contributed by atoms with E-state index >= 15 is 0 Å². The third-order valence-corrected chi connectivity index (χ3v) is 6.45. The Labute approximate surface area is 174 Å². The van der Waals surface area contributed by atoms with E-state index in [1.807, 2.05) is 42.2 Å². The fraction of sp³-hybridized carbons (Fsp3) is 0.261. The van der Waals surface area contributed by atoms with E-state index in [1.165, 1.54) is 5.56 Å². The van der Waals surface area contributed by atoms with Crippen molar-refractivity contribution in [2.24, 2.45) is 5.73 Å². The molecular weight excluding hydrogens is 382 g/mol. The number of carbonyl (C=O) groups excluding carboxylic acids is 1. The molecule has 1 amide bonds. The van der Waals surface area contributed by atoms with Crippen LogP contribution >= 0.6 is 11.8 Å². The Morgan fingerprint density at radius 2 is 2.14 bits per heavy atom. The lowest BCUT2D eigenvalue weighted by atomic mass is 9.87. The highest BCUT2D eigenvalue weighted by Crippen LogP contribution is 2.30. The molecule has 2 atom stereocenters. The lowest BCUT2D eigenvalue weighted by Gasteiger charge is -2.29. The summed E-state index contributed by atoms with van der Waals surface area (Å²) in [6.45, 7) is 0.884. The normalized spacial score (nSPS) is 18.9. The van der Waals surface area contributed by atoms with Crippen molar-refractivity contribution in [3.8, 4) is 5.75 Å². The Morgan fingerprint density at radius 1 is 1.24 bits per heavy atom. The van der Waals surface area contributed by atoms with Gasteiger partial charge in [0.25, 0.3) is 0 Å². The average molecular weight is 408 g/mol. The van der Waals surface area contributed by atoms with E-state index in [-0.39, 0.29) is 5.92 Å². The number of thioether (sulfide) groups is 1. The van der Waals surface area contributed by atoms with Crippen LogP contribution < -0.4 is 11.1 Å². The maximum Gasteiger partial charge on any atom is 0.248 e. The zero-order valence-electron chi connectivity index (χ0n) is 16.1. The Morgan fingerprint density at radius 3 is 2.97 bits per heavy atom. The van der Waals surface area contributed by atoms with E-state index in [0.717, 1.165) is 40.9 Å². The first-order valence-corrected chi connectivity index (χ1v) is 10.9. The van der Waals surface area contributed by atoms with Crippen LogP contribution in [0.4, 0.5) is 0 Å². The number of benzene rings is 2. The summed E-state index contributed by atoms with van der Waals surface area (Å²) in [5.74, 6) is 2.13. The highest BCUT2D eigenvalue weighted by molar-refractivity contribution is 7.98. The van der Waals surface area contributed by atoms with Gasteiger partial charge in [-0.1, -0.05) is 30.4 Å². The molecule has 0 saturated heterocycles. The lowest BCUT2D eigenvalue weighted by molar-refractivity contribution is 0.100.